The fraction of sp³-hybridized carbons (Fsp3) is 0.889. The number of hydrogen-bond donors (Lipinski definition) is 1. The molecule has 0 aromatic rings. The van der Waals surface area contributed by atoms with Crippen LogP contribution in [-0.4, -0.2) is 24.8 Å². The lowest BCUT2D eigenvalue weighted by Gasteiger charge is -2.14. The molecule has 0 saturated heterocycles. The molecule has 3 heteroatoms. The first-order valence-electron chi connectivity index (χ1n) is 4.73. The van der Waals surface area contributed by atoms with E-state index in [0.29, 0.717) is 14.1 Å². The van der Waals surface area contributed by atoms with Crippen molar-refractivity contribution in [2.24, 2.45) is 5.92 Å². The van der Waals surface area contributed by atoms with Crippen molar-refractivity contribution in [2.75, 3.05) is 13.2 Å². The molecule has 0 aromatic heterocycles. The van der Waals surface area contributed by atoms with Gasteiger partial charge in [-0.1, -0.05) is 28.3 Å². The maximum absolute atomic E-state index is 11.4. The molecule has 2 nitrogen and oxygen atoms in total. The number of likely N-dealkylation sites (N-methyl/N-ethyl adjacent to an activating group) is 1. The summed E-state index contributed by atoms with van der Waals surface area (Å²) in [6.07, 6.45) is 3.75. The van der Waals surface area contributed by atoms with Crippen LogP contribution in [0.1, 0.15) is 26.2 Å². The zero-order valence-corrected chi connectivity index (χ0v) is 8.89. The molecule has 0 aromatic carbocycles. The minimum atomic E-state index is 0.158. The maximum Gasteiger partial charge on any atom is 0.167 e. The highest BCUT2D eigenvalue weighted by atomic mass is 31.1. The van der Waals surface area contributed by atoms with Crippen molar-refractivity contribution in [1.29, 1.82) is 0 Å². The highest BCUT2D eigenvalue weighted by molar-refractivity contribution is 7.57. The van der Waals surface area contributed by atoms with Crippen molar-refractivity contribution in [2.45, 2.75) is 32.2 Å². The van der Waals surface area contributed by atoms with E-state index in [1.165, 1.54) is 12.8 Å². The van der Waals surface area contributed by atoms with Gasteiger partial charge in [-0.3, -0.25) is 4.79 Å². The molecule has 1 aliphatic rings. The minimum Gasteiger partial charge on any atom is -0.307 e. The number of rotatable bonds is 6. The van der Waals surface area contributed by atoms with E-state index in [1.54, 1.807) is 0 Å². The summed E-state index contributed by atoms with van der Waals surface area (Å²) in [4.78, 5) is 11.4. The van der Waals surface area contributed by atoms with Crippen LogP contribution in [0.15, 0.2) is 0 Å². The second-order valence-electron chi connectivity index (χ2n) is 3.40. The molecule has 12 heavy (non-hydrogen) atoms. The van der Waals surface area contributed by atoms with Crippen molar-refractivity contribution in [3.8, 4) is 0 Å². The molecule has 0 heterocycles. The Morgan fingerprint density at radius 2 is 2.33 bits per heavy atom. The second kappa shape index (κ2) is 4.94. The first-order chi connectivity index (χ1) is 5.77. The second-order valence-corrected chi connectivity index (χ2v) is 4.40. The summed E-state index contributed by atoms with van der Waals surface area (Å²) in [6.45, 7) is 4.94. The largest absolute Gasteiger partial charge is 0.307 e. The molecule has 0 aliphatic heterocycles. The molecule has 1 fully saturated rings. The lowest BCUT2D eigenvalue weighted by molar-refractivity contribution is -0.113. The van der Waals surface area contributed by atoms with Gasteiger partial charge in [0.25, 0.3) is 0 Å². The average molecular weight is 187 g/mol. The van der Waals surface area contributed by atoms with Gasteiger partial charge in [0.15, 0.2) is 5.52 Å². The Balaban J connectivity index is 2.30. The Morgan fingerprint density at radius 3 is 2.75 bits per heavy atom. The van der Waals surface area contributed by atoms with Crippen LogP contribution in [0.3, 0.4) is 0 Å². The van der Waals surface area contributed by atoms with E-state index in [0.717, 1.165) is 18.9 Å². The van der Waals surface area contributed by atoms with E-state index >= 15 is 0 Å². The van der Waals surface area contributed by atoms with E-state index in [4.69, 9.17) is 0 Å². The molecule has 1 N–H and O–H groups in total. The summed E-state index contributed by atoms with van der Waals surface area (Å²) in [5, 5.41) is 3.26. The summed E-state index contributed by atoms with van der Waals surface area (Å²) in [5.41, 5.74) is 0.406. The molecule has 0 amide bonds. The standard InChI is InChI=1S/C9H18NOP/c1-3-10-8(9(11)12-2)6-7-4-5-7/h7-8,10,12H,3-6H2,1-2H3. The van der Waals surface area contributed by atoms with Gasteiger partial charge in [0.2, 0.25) is 0 Å². The van der Waals surface area contributed by atoms with Crippen molar-refractivity contribution in [3.05, 3.63) is 0 Å². The van der Waals surface area contributed by atoms with Crippen LogP contribution in [0.5, 0.6) is 0 Å². The first kappa shape index (κ1) is 10.1. The van der Waals surface area contributed by atoms with Crippen LogP contribution < -0.4 is 5.32 Å². The Labute approximate surface area is 76.3 Å². The normalized spacial score (nSPS) is 20.2. The van der Waals surface area contributed by atoms with E-state index in [1.807, 2.05) is 6.66 Å². The third-order valence-electron chi connectivity index (χ3n) is 2.28. The molecule has 2 unspecified atom stereocenters. The van der Waals surface area contributed by atoms with Crippen molar-refractivity contribution in [3.63, 3.8) is 0 Å². The third-order valence-corrected chi connectivity index (χ3v) is 3.12. The van der Waals surface area contributed by atoms with Crippen LogP contribution in [0.25, 0.3) is 0 Å². The van der Waals surface area contributed by atoms with Crippen LogP contribution in [0.4, 0.5) is 0 Å². The summed E-state index contributed by atoms with van der Waals surface area (Å²) in [5.74, 6) is 0.842. The van der Waals surface area contributed by atoms with Gasteiger partial charge in [-0.2, -0.15) is 0 Å². The van der Waals surface area contributed by atoms with Gasteiger partial charge in [0.05, 0.1) is 6.04 Å². The van der Waals surface area contributed by atoms with E-state index < -0.39 is 0 Å². The van der Waals surface area contributed by atoms with E-state index in [-0.39, 0.29) is 6.04 Å². The Morgan fingerprint density at radius 1 is 1.67 bits per heavy atom. The molecule has 0 bridgehead atoms. The number of nitrogens with one attached hydrogen (secondary N) is 1. The summed E-state index contributed by atoms with van der Waals surface area (Å²) in [6, 6.07) is 0.158. The number of hydrogen-bond acceptors (Lipinski definition) is 2. The maximum atomic E-state index is 11.4. The number of carbonyl (C=O) groups is 1. The molecule has 2 atom stereocenters. The summed E-state index contributed by atoms with van der Waals surface area (Å²) < 4.78 is 0. The fourth-order valence-corrected chi connectivity index (χ4v) is 1.96. The van der Waals surface area contributed by atoms with Crippen LogP contribution >= 0.6 is 8.58 Å². The predicted octanol–water partition coefficient (Wildman–Crippen LogP) is 1.60. The Hall–Kier alpha value is 0.0600. The molecule has 1 rings (SSSR count). The van der Waals surface area contributed by atoms with Gasteiger partial charge in [-0.15, -0.1) is 0 Å². The van der Waals surface area contributed by atoms with Gasteiger partial charge in [-0.05, 0) is 25.5 Å². The summed E-state index contributed by atoms with van der Waals surface area (Å²) in [7, 11) is 0.448. The molecule has 1 aliphatic carbocycles. The summed E-state index contributed by atoms with van der Waals surface area (Å²) >= 11 is 0. The van der Waals surface area contributed by atoms with Crippen LogP contribution in [0.2, 0.25) is 0 Å². The third kappa shape index (κ3) is 3.20. The molecule has 1 saturated carbocycles. The topological polar surface area (TPSA) is 29.1 Å². The van der Waals surface area contributed by atoms with Gasteiger partial charge in [-0.25, -0.2) is 0 Å². The lowest BCUT2D eigenvalue weighted by atomic mass is 10.1. The zero-order valence-electron chi connectivity index (χ0n) is 7.89. The zero-order chi connectivity index (χ0) is 8.97. The van der Waals surface area contributed by atoms with E-state index in [9.17, 15) is 4.79 Å². The monoisotopic (exact) mass is 187 g/mol. The molecular formula is C9H18NOP. The molecular weight excluding hydrogens is 169 g/mol. The first-order valence-corrected chi connectivity index (χ1v) is 6.23. The number of carbonyl (C=O) groups excluding carboxylic acids is 1. The molecule has 0 radical (unpaired) electrons. The SMILES string of the molecule is CCNC(CC1CC1)C(=O)PC. The molecule has 0 spiro atoms. The van der Waals surface area contributed by atoms with Gasteiger partial charge in [0, 0.05) is 0 Å². The van der Waals surface area contributed by atoms with Crippen LogP contribution in [-0.2, 0) is 4.79 Å². The van der Waals surface area contributed by atoms with Crippen molar-refractivity contribution >= 4 is 14.1 Å². The van der Waals surface area contributed by atoms with Crippen molar-refractivity contribution < 1.29 is 4.79 Å². The highest BCUT2D eigenvalue weighted by Gasteiger charge is 2.27. The van der Waals surface area contributed by atoms with Gasteiger partial charge < -0.3 is 5.32 Å². The Kier molecular flexibility index (Phi) is 4.17. The Bertz CT molecular complexity index is 157. The highest BCUT2D eigenvalue weighted by Crippen LogP contribution is 2.34. The lowest BCUT2D eigenvalue weighted by Crippen LogP contribution is -2.34. The fourth-order valence-electron chi connectivity index (χ4n) is 1.39. The molecule has 70 valence electrons. The predicted molar refractivity (Wildman–Crippen MR) is 54.1 cm³/mol. The smallest absolute Gasteiger partial charge is 0.167 e. The average Bonchev–Trinajstić information content (AvgIpc) is 2.86. The quantitative estimate of drug-likeness (QED) is 0.640. The van der Waals surface area contributed by atoms with Gasteiger partial charge in [0.1, 0.15) is 0 Å². The van der Waals surface area contributed by atoms with E-state index in [2.05, 4.69) is 12.2 Å². The van der Waals surface area contributed by atoms with Gasteiger partial charge >= 0.3 is 0 Å². The van der Waals surface area contributed by atoms with Crippen LogP contribution in [0, 0.1) is 5.92 Å². The minimum absolute atomic E-state index is 0.158. The van der Waals surface area contributed by atoms with Crippen molar-refractivity contribution in [1.82, 2.24) is 5.32 Å².